The van der Waals surface area contributed by atoms with Crippen LogP contribution in [-0.4, -0.2) is 5.78 Å². The van der Waals surface area contributed by atoms with Crippen molar-refractivity contribution in [2.45, 2.75) is 59.8 Å². The summed E-state index contributed by atoms with van der Waals surface area (Å²) in [5.74, 6) is 0.404. The first-order valence-electron chi connectivity index (χ1n) is 7.30. The maximum absolute atomic E-state index is 12.9. The minimum absolute atomic E-state index is 0.0391. The van der Waals surface area contributed by atoms with Crippen LogP contribution in [0.15, 0.2) is 24.3 Å². The lowest BCUT2D eigenvalue weighted by Crippen LogP contribution is -2.53. The van der Waals surface area contributed by atoms with Gasteiger partial charge >= 0.3 is 0 Å². The SMILES string of the molecule is CCC(=O)C1(C(C)(C)C)Cc2ccccc2C1(C)C. The molecule has 0 saturated carbocycles. The predicted molar refractivity (Wildman–Crippen MR) is 80.4 cm³/mol. The largest absolute Gasteiger partial charge is 0.299 e. The monoisotopic (exact) mass is 258 g/mol. The third kappa shape index (κ3) is 1.70. The van der Waals surface area contributed by atoms with Gasteiger partial charge in [-0.25, -0.2) is 0 Å². The highest BCUT2D eigenvalue weighted by Gasteiger charge is 2.61. The summed E-state index contributed by atoms with van der Waals surface area (Å²) in [6, 6.07) is 8.57. The van der Waals surface area contributed by atoms with Crippen LogP contribution in [-0.2, 0) is 16.6 Å². The van der Waals surface area contributed by atoms with Gasteiger partial charge in [0.05, 0.1) is 0 Å². The summed E-state index contributed by atoms with van der Waals surface area (Å²) in [6.07, 6.45) is 1.50. The molecular weight excluding hydrogens is 232 g/mol. The fraction of sp³-hybridized carbons (Fsp3) is 0.611. The lowest BCUT2D eigenvalue weighted by molar-refractivity contribution is -0.140. The smallest absolute Gasteiger partial charge is 0.140 e. The van der Waals surface area contributed by atoms with Crippen molar-refractivity contribution >= 4 is 5.78 Å². The molecule has 0 fully saturated rings. The highest BCUT2D eigenvalue weighted by Crippen LogP contribution is 2.60. The number of carbonyl (C=O) groups is 1. The summed E-state index contributed by atoms with van der Waals surface area (Å²) < 4.78 is 0. The van der Waals surface area contributed by atoms with E-state index in [4.69, 9.17) is 0 Å². The van der Waals surface area contributed by atoms with Gasteiger partial charge in [0, 0.05) is 17.3 Å². The molecule has 0 saturated heterocycles. The van der Waals surface area contributed by atoms with Crippen molar-refractivity contribution in [1.82, 2.24) is 0 Å². The molecule has 0 aliphatic heterocycles. The average molecular weight is 258 g/mol. The number of fused-ring (bicyclic) bond motifs is 1. The van der Waals surface area contributed by atoms with Gasteiger partial charge in [-0.1, -0.05) is 65.8 Å². The molecule has 0 bridgehead atoms. The summed E-state index contributed by atoms with van der Waals surface area (Å²) in [6.45, 7) is 13.1. The number of hydrogen-bond donors (Lipinski definition) is 0. The van der Waals surface area contributed by atoms with Gasteiger partial charge in [-0.2, -0.15) is 0 Å². The molecule has 1 aliphatic rings. The number of ketones is 1. The van der Waals surface area contributed by atoms with Crippen LogP contribution in [0.25, 0.3) is 0 Å². The van der Waals surface area contributed by atoms with Gasteiger partial charge in [0.2, 0.25) is 0 Å². The quantitative estimate of drug-likeness (QED) is 0.761. The number of rotatable bonds is 2. The molecular formula is C18H26O. The van der Waals surface area contributed by atoms with Crippen LogP contribution in [0.3, 0.4) is 0 Å². The zero-order valence-electron chi connectivity index (χ0n) is 13.1. The molecule has 0 N–H and O–H groups in total. The van der Waals surface area contributed by atoms with Gasteiger partial charge in [0.1, 0.15) is 5.78 Å². The second-order valence-electron chi connectivity index (χ2n) is 7.39. The lowest BCUT2D eigenvalue weighted by atomic mass is 9.51. The van der Waals surface area contributed by atoms with E-state index in [2.05, 4.69) is 58.9 Å². The van der Waals surface area contributed by atoms with Gasteiger partial charge in [-0.05, 0) is 23.0 Å². The molecule has 1 aromatic carbocycles. The van der Waals surface area contributed by atoms with E-state index < -0.39 is 0 Å². The number of hydrogen-bond acceptors (Lipinski definition) is 1. The van der Waals surface area contributed by atoms with Crippen molar-refractivity contribution in [2.24, 2.45) is 10.8 Å². The molecule has 1 atom stereocenters. The Morgan fingerprint density at radius 2 is 1.79 bits per heavy atom. The van der Waals surface area contributed by atoms with Gasteiger partial charge in [-0.15, -0.1) is 0 Å². The molecule has 1 aromatic rings. The van der Waals surface area contributed by atoms with E-state index >= 15 is 0 Å². The molecule has 2 rings (SSSR count). The Balaban J connectivity index is 2.70. The van der Waals surface area contributed by atoms with E-state index in [1.807, 2.05) is 6.92 Å². The summed E-state index contributed by atoms with van der Waals surface area (Å²) in [7, 11) is 0. The maximum atomic E-state index is 12.9. The average Bonchev–Trinajstić information content (AvgIpc) is 2.57. The molecule has 1 unspecified atom stereocenters. The number of benzene rings is 1. The Hall–Kier alpha value is -1.11. The highest BCUT2D eigenvalue weighted by atomic mass is 16.1. The van der Waals surface area contributed by atoms with Crippen LogP contribution < -0.4 is 0 Å². The molecule has 0 amide bonds. The zero-order valence-corrected chi connectivity index (χ0v) is 13.1. The molecule has 19 heavy (non-hydrogen) atoms. The first kappa shape index (κ1) is 14.3. The summed E-state index contributed by atoms with van der Waals surface area (Å²) in [4.78, 5) is 12.9. The van der Waals surface area contributed by atoms with Crippen molar-refractivity contribution in [3.8, 4) is 0 Å². The Morgan fingerprint density at radius 1 is 1.21 bits per heavy atom. The van der Waals surface area contributed by atoms with Crippen molar-refractivity contribution in [3.05, 3.63) is 35.4 Å². The van der Waals surface area contributed by atoms with E-state index in [9.17, 15) is 4.79 Å². The Labute approximate surface area is 117 Å². The van der Waals surface area contributed by atoms with Gasteiger partial charge < -0.3 is 0 Å². The van der Waals surface area contributed by atoms with Crippen molar-refractivity contribution in [2.75, 3.05) is 0 Å². The summed E-state index contributed by atoms with van der Waals surface area (Å²) in [5, 5.41) is 0. The predicted octanol–water partition coefficient (Wildman–Crippen LogP) is 4.53. The molecule has 0 spiro atoms. The van der Waals surface area contributed by atoms with Crippen LogP contribution in [0.1, 0.15) is 59.1 Å². The summed E-state index contributed by atoms with van der Waals surface area (Å²) in [5.41, 5.74) is 2.27. The second-order valence-corrected chi connectivity index (χ2v) is 7.39. The van der Waals surface area contributed by atoms with Gasteiger partial charge in [0.25, 0.3) is 0 Å². The number of carbonyl (C=O) groups excluding carboxylic acids is 1. The maximum Gasteiger partial charge on any atom is 0.140 e. The Kier molecular flexibility index (Phi) is 3.16. The normalized spacial score (nSPS) is 25.2. The zero-order chi connectivity index (χ0) is 14.5. The van der Waals surface area contributed by atoms with Gasteiger partial charge in [0.15, 0.2) is 0 Å². The first-order chi connectivity index (χ1) is 8.68. The minimum atomic E-state index is -0.293. The molecule has 104 valence electrons. The minimum Gasteiger partial charge on any atom is -0.299 e. The number of Topliss-reactive ketones (excluding diaryl/α,β-unsaturated/α-hetero) is 1. The van der Waals surface area contributed by atoms with Crippen LogP contribution in [0, 0.1) is 10.8 Å². The lowest BCUT2D eigenvalue weighted by Gasteiger charge is -2.50. The first-order valence-corrected chi connectivity index (χ1v) is 7.30. The molecule has 1 aliphatic carbocycles. The van der Waals surface area contributed by atoms with Crippen molar-refractivity contribution < 1.29 is 4.79 Å². The highest BCUT2D eigenvalue weighted by molar-refractivity contribution is 5.89. The molecule has 0 heterocycles. The van der Waals surface area contributed by atoms with Crippen LogP contribution in [0.4, 0.5) is 0 Å². The molecule has 1 nitrogen and oxygen atoms in total. The van der Waals surface area contributed by atoms with E-state index in [0.29, 0.717) is 12.2 Å². The topological polar surface area (TPSA) is 17.1 Å². The fourth-order valence-corrected chi connectivity index (χ4v) is 4.39. The third-order valence-electron chi connectivity index (χ3n) is 5.29. The second kappa shape index (κ2) is 4.19. The molecule has 1 heteroatoms. The van der Waals surface area contributed by atoms with Crippen LogP contribution >= 0.6 is 0 Å². The van der Waals surface area contributed by atoms with Crippen LogP contribution in [0.5, 0.6) is 0 Å². The van der Waals surface area contributed by atoms with E-state index in [1.54, 1.807) is 0 Å². The van der Waals surface area contributed by atoms with Crippen molar-refractivity contribution in [3.63, 3.8) is 0 Å². The molecule has 0 radical (unpaired) electrons. The Bertz CT molecular complexity index is 505. The molecule has 0 aromatic heterocycles. The third-order valence-corrected chi connectivity index (χ3v) is 5.29. The van der Waals surface area contributed by atoms with E-state index in [-0.39, 0.29) is 16.2 Å². The van der Waals surface area contributed by atoms with E-state index in [0.717, 1.165) is 6.42 Å². The van der Waals surface area contributed by atoms with Crippen molar-refractivity contribution in [1.29, 1.82) is 0 Å². The van der Waals surface area contributed by atoms with E-state index in [1.165, 1.54) is 11.1 Å². The fourth-order valence-electron chi connectivity index (χ4n) is 4.39. The van der Waals surface area contributed by atoms with Crippen LogP contribution in [0.2, 0.25) is 0 Å². The Morgan fingerprint density at radius 3 is 2.26 bits per heavy atom. The standard InChI is InChI=1S/C18H26O/c1-7-15(19)18(16(2,3)4)12-13-10-8-9-11-14(13)17(18,5)6/h8-11H,7,12H2,1-6H3. The van der Waals surface area contributed by atoms with Gasteiger partial charge in [-0.3, -0.25) is 4.79 Å². The summed E-state index contributed by atoms with van der Waals surface area (Å²) >= 11 is 0.